The minimum absolute atomic E-state index is 0.437. The smallest absolute Gasteiger partial charge is 0.0964 e. The van der Waals surface area contributed by atoms with Crippen molar-refractivity contribution in [2.24, 2.45) is 0 Å². The number of thioether (sulfide) groups is 1. The maximum absolute atomic E-state index is 4.93. The standard InChI is InChI=1S/C17H20BrNS2/c1-3-17(2)10-13(8-9-21-17)16-19-15(11-20-16)12-4-6-14(18)7-5-12/h4-7,11,13H,3,8-10H2,1-2H3. The van der Waals surface area contributed by atoms with Gasteiger partial charge in [-0.25, -0.2) is 4.98 Å². The Kier molecular flexibility index (Phi) is 4.77. The molecule has 21 heavy (non-hydrogen) atoms. The molecule has 2 heterocycles. The molecule has 1 aromatic heterocycles. The second-order valence-corrected chi connectivity index (χ2v) is 9.41. The molecule has 1 fully saturated rings. The average Bonchev–Trinajstić information content (AvgIpc) is 2.98. The molecule has 112 valence electrons. The van der Waals surface area contributed by atoms with Crippen molar-refractivity contribution < 1.29 is 0 Å². The highest BCUT2D eigenvalue weighted by molar-refractivity contribution is 9.10. The second kappa shape index (κ2) is 6.43. The van der Waals surface area contributed by atoms with Crippen LogP contribution in [0, 0.1) is 0 Å². The molecule has 3 rings (SSSR count). The lowest BCUT2D eigenvalue weighted by Crippen LogP contribution is -2.27. The SMILES string of the molecule is CCC1(C)CC(c2nc(-c3ccc(Br)cc3)cs2)CCS1. The Labute approximate surface area is 143 Å². The van der Waals surface area contributed by atoms with Crippen molar-refractivity contribution >= 4 is 39.0 Å². The Morgan fingerprint density at radius 1 is 1.33 bits per heavy atom. The van der Waals surface area contributed by atoms with E-state index in [-0.39, 0.29) is 0 Å². The van der Waals surface area contributed by atoms with E-state index >= 15 is 0 Å². The lowest BCUT2D eigenvalue weighted by Gasteiger charge is -2.36. The van der Waals surface area contributed by atoms with E-state index in [2.05, 4.69) is 71.2 Å². The summed E-state index contributed by atoms with van der Waals surface area (Å²) in [5, 5.41) is 3.54. The Morgan fingerprint density at radius 2 is 2.10 bits per heavy atom. The molecular weight excluding hydrogens is 362 g/mol. The molecule has 1 aromatic carbocycles. The Hall–Kier alpha value is -0.320. The minimum Gasteiger partial charge on any atom is -0.241 e. The molecule has 0 spiro atoms. The van der Waals surface area contributed by atoms with Crippen LogP contribution in [0.5, 0.6) is 0 Å². The first-order valence-electron chi connectivity index (χ1n) is 7.45. The van der Waals surface area contributed by atoms with Crippen LogP contribution in [-0.4, -0.2) is 15.5 Å². The molecule has 2 atom stereocenters. The van der Waals surface area contributed by atoms with Gasteiger partial charge in [0.25, 0.3) is 0 Å². The van der Waals surface area contributed by atoms with Gasteiger partial charge in [0.05, 0.1) is 10.7 Å². The van der Waals surface area contributed by atoms with E-state index in [1.54, 1.807) is 0 Å². The number of thiazole rings is 1. The van der Waals surface area contributed by atoms with Crippen LogP contribution in [0.3, 0.4) is 0 Å². The number of hydrogen-bond donors (Lipinski definition) is 0. The van der Waals surface area contributed by atoms with Gasteiger partial charge in [-0.1, -0.05) is 41.9 Å². The Bertz CT molecular complexity index is 608. The topological polar surface area (TPSA) is 12.9 Å². The van der Waals surface area contributed by atoms with Gasteiger partial charge >= 0.3 is 0 Å². The Morgan fingerprint density at radius 3 is 2.81 bits per heavy atom. The van der Waals surface area contributed by atoms with Crippen molar-refractivity contribution in [3.8, 4) is 11.3 Å². The highest BCUT2D eigenvalue weighted by Crippen LogP contribution is 2.46. The number of benzene rings is 1. The van der Waals surface area contributed by atoms with Crippen LogP contribution in [-0.2, 0) is 0 Å². The molecule has 0 bridgehead atoms. The quantitative estimate of drug-likeness (QED) is 0.613. The first-order valence-corrected chi connectivity index (χ1v) is 10.1. The van der Waals surface area contributed by atoms with Crippen LogP contribution in [0.15, 0.2) is 34.1 Å². The summed E-state index contributed by atoms with van der Waals surface area (Å²) in [6.45, 7) is 4.72. The van der Waals surface area contributed by atoms with E-state index in [0.717, 1.165) is 10.2 Å². The fourth-order valence-electron chi connectivity index (χ4n) is 2.82. The van der Waals surface area contributed by atoms with E-state index in [4.69, 9.17) is 4.98 Å². The van der Waals surface area contributed by atoms with Crippen LogP contribution in [0.1, 0.15) is 44.0 Å². The summed E-state index contributed by atoms with van der Waals surface area (Å²) < 4.78 is 1.55. The summed E-state index contributed by atoms with van der Waals surface area (Å²) >= 11 is 7.46. The zero-order chi connectivity index (χ0) is 14.9. The maximum Gasteiger partial charge on any atom is 0.0964 e. The maximum atomic E-state index is 4.93. The highest BCUT2D eigenvalue weighted by Gasteiger charge is 2.33. The zero-order valence-corrected chi connectivity index (χ0v) is 15.7. The number of hydrogen-bond acceptors (Lipinski definition) is 3. The number of rotatable bonds is 3. The molecule has 0 saturated carbocycles. The van der Waals surface area contributed by atoms with Crippen LogP contribution in [0.4, 0.5) is 0 Å². The van der Waals surface area contributed by atoms with E-state index in [0.29, 0.717) is 10.7 Å². The third-order valence-corrected chi connectivity index (χ3v) is 7.48. The molecule has 0 aliphatic carbocycles. The van der Waals surface area contributed by atoms with Crippen LogP contribution < -0.4 is 0 Å². The number of halogens is 1. The van der Waals surface area contributed by atoms with E-state index in [1.165, 1.54) is 35.6 Å². The summed E-state index contributed by atoms with van der Waals surface area (Å²) in [6, 6.07) is 8.44. The molecule has 1 saturated heterocycles. The molecule has 0 radical (unpaired) electrons. The predicted molar refractivity (Wildman–Crippen MR) is 98.4 cm³/mol. The highest BCUT2D eigenvalue weighted by atomic mass is 79.9. The zero-order valence-electron chi connectivity index (χ0n) is 12.4. The normalized spacial score (nSPS) is 26.0. The molecule has 1 aliphatic heterocycles. The van der Waals surface area contributed by atoms with Crippen LogP contribution in [0.2, 0.25) is 0 Å². The molecule has 0 amide bonds. The summed E-state index contributed by atoms with van der Waals surface area (Å²) in [7, 11) is 0. The van der Waals surface area contributed by atoms with Crippen LogP contribution >= 0.6 is 39.0 Å². The van der Waals surface area contributed by atoms with Crippen molar-refractivity contribution in [2.75, 3.05) is 5.75 Å². The third-order valence-electron chi connectivity index (χ3n) is 4.35. The van der Waals surface area contributed by atoms with Crippen LogP contribution in [0.25, 0.3) is 11.3 Å². The largest absolute Gasteiger partial charge is 0.241 e. The fourth-order valence-corrected chi connectivity index (χ4v) is 5.46. The van der Waals surface area contributed by atoms with Crippen molar-refractivity contribution in [2.45, 2.75) is 43.8 Å². The van der Waals surface area contributed by atoms with Gasteiger partial charge in [0, 0.05) is 26.1 Å². The summed E-state index contributed by atoms with van der Waals surface area (Å²) in [5.41, 5.74) is 2.34. The lowest BCUT2D eigenvalue weighted by molar-refractivity contribution is 0.468. The first-order chi connectivity index (χ1) is 10.1. The van der Waals surface area contributed by atoms with Gasteiger partial charge in [0.1, 0.15) is 0 Å². The molecule has 1 aliphatic rings. The fraction of sp³-hybridized carbons (Fsp3) is 0.471. The molecule has 1 nitrogen and oxygen atoms in total. The minimum atomic E-state index is 0.437. The van der Waals surface area contributed by atoms with Gasteiger partial charge in [0.2, 0.25) is 0 Å². The van der Waals surface area contributed by atoms with Gasteiger partial charge in [-0.15, -0.1) is 11.3 Å². The van der Waals surface area contributed by atoms with Crippen molar-refractivity contribution in [3.05, 3.63) is 39.1 Å². The van der Waals surface area contributed by atoms with Gasteiger partial charge in [0.15, 0.2) is 0 Å². The van der Waals surface area contributed by atoms with Crippen molar-refractivity contribution in [1.29, 1.82) is 0 Å². The summed E-state index contributed by atoms with van der Waals surface area (Å²) in [4.78, 5) is 4.93. The molecule has 4 heteroatoms. The second-order valence-electron chi connectivity index (χ2n) is 5.92. The van der Waals surface area contributed by atoms with E-state index in [9.17, 15) is 0 Å². The van der Waals surface area contributed by atoms with Gasteiger partial charge in [-0.05, 0) is 37.1 Å². The first kappa shape index (κ1) is 15.6. The van der Waals surface area contributed by atoms with Gasteiger partial charge in [-0.2, -0.15) is 11.8 Å². The molecule has 2 aromatic rings. The Balaban J connectivity index is 1.80. The van der Waals surface area contributed by atoms with E-state index in [1.807, 2.05) is 11.3 Å². The number of aromatic nitrogens is 1. The summed E-state index contributed by atoms with van der Waals surface area (Å²) in [6.07, 6.45) is 3.79. The third kappa shape index (κ3) is 3.54. The van der Waals surface area contributed by atoms with Crippen molar-refractivity contribution in [3.63, 3.8) is 0 Å². The molecule has 2 unspecified atom stereocenters. The monoisotopic (exact) mass is 381 g/mol. The average molecular weight is 382 g/mol. The molecule has 0 N–H and O–H groups in total. The molecular formula is C17H20BrNS2. The van der Waals surface area contributed by atoms with Crippen molar-refractivity contribution in [1.82, 2.24) is 4.98 Å². The van der Waals surface area contributed by atoms with E-state index < -0.39 is 0 Å². The predicted octanol–water partition coefficient (Wildman–Crippen LogP) is 6.35. The lowest BCUT2D eigenvalue weighted by atomic mass is 9.91. The number of nitrogens with zero attached hydrogens (tertiary/aromatic N) is 1. The van der Waals surface area contributed by atoms with Gasteiger partial charge < -0.3 is 0 Å². The van der Waals surface area contributed by atoms with Gasteiger partial charge in [-0.3, -0.25) is 0 Å². The summed E-state index contributed by atoms with van der Waals surface area (Å²) in [5.74, 6) is 1.91.